The second kappa shape index (κ2) is 13.9. The first kappa shape index (κ1) is 38.0. The number of nitrogens with zero attached hydrogens (tertiary/aromatic N) is 5. The van der Waals surface area contributed by atoms with E-state index in [0.717, 1.165) is 96.5 Å². The van der Waals surface area contributed by atoms with Gasteiger partial charge in [0.25, 0.3) is 0 Å². The molecule has 2 aromatic heterocycles. The van der Waals surface area contributed by atoms with E-state index in [9.17, 15) is 0 Å². The van der Waals surface area contributed by atoms with E-state index in [1.807, 2.05) is 48.7 Å². The van der Waals surface area contributed by atoms with Gasteiger partial charge in [0.15, 0.2) is 23.0 Å². The number of pyridine rings is 1. The van der Waals surface area contributed by atoms with Gasteiger partial charge in [0, 0.05) is 46.9 Å². The van der Waals surface area contributed by atoms with Gasteiger partial charge in [-0.1, -0.05) is 90.1 Å². The third kappa shape index (κ3) is 6.08. The molecule has 7 aromatic carbocycles. The van der Waals surface area contributed by atoms with Gasteiger partial charge >= 0.3 is 0 Å². The lowest BCUT2D eigenvalue weighted by atomic mass is 9.86. The highest BCUT2D eigenvalue weighted by atomic mass is 16.5. The van der Waals surface area contributed by atoms with Crippen LogP contribution in [0.2, 0.25) is 0 Å². The van der Waals surface area contributed by atoms with Crippen molar-refractivity contribution in [1.82, 2.24) is 9.55 Å². The van der Waals surface area contributed by atoms with Gasteiger partial charge in [0.2, 0.25) is 0 Å². The Morgan fingerprint density at radius 3 is 1.77 bits per heavy atom. The molecule has 9 aromatic rings. The Morgan fingerprint density at radius 1 is 0.484 bits per heavy atom. The van der Waals surface area contributed by atoms with E-state index in [4.69, 9.17) is 19.2 Å². The van der Waals surface area contributed by atoms with E-state index in [1.54, 1.807) is 0 Å². The van der Waals surface area contributed by atoms with Crippen LogP contribution in [0, 0.1) is 0 Å². The normalized spacial score (nSPS) is 13.9. The minimum Gasteiger partial charge on any atom is -0.457 e. The second-order valence-electron chi connectivity index (χ2n) is 19.0. The summed E-state index contributed by atoms with van der Waals surface area (Å²) in [6.07, 6.45) is 1.93. The Kier molecular flexibility index (Phi) is 8.25. The van der Waals surface area contributed by atoms with Gasteiger partial charge < -0.3 is 24.0 Å². The highest BCUT2D eigenvalue weighted by molar-refractivity contribution is 6.10. The van der Waals surface area contributed by atoms with Gasteiger partial charge in [0.1, 0.15) is 29.7 Å². The maximum absolute atomic E-state index is 6.78. The van der Waals surface area contributed by atoms with Crippen LogP contribution in [0.5, 0.6) is 34.5 Å². The molecule has 0 fully saturated rings. The molecule has 12 rings (SSSR count). The number of hydrogen-bond donors (Lipinski definition) is 0. The predicted octanol–water partition coefficient (Wildman–Crippen LogP) is 15.5. The number of fused-ring (bicyclic) bond motifs is 8. The summed E-state index contributed by atoms with van der Waals surface area (Å²) in [5.74, 6) is 5.48. The molecule has 3 aliphatic rings. The number of anilines is 7. The van der Waals surface area contributed by atoms with Gasteiger partial charge in [-0.05, 0) is 107 Å². The van der Waals surface area contributed by atoms with E-state index < -0.39 is 0 Å². The first-order valence-electron chi connectivity index (χ1n) is 22.0. The zero-order chi connectivity index (χ0) is 43.5. The molecule has 0 atom stereocenters. The van der Waals surface area contributed by atoms with Crippen LogP contribution >= 0.6 is 0 Å². The van der Waals surface area contributed by atoms with Crippen molar-refractivity contribution in [2.75, 3.05) is 21.4 Å². The molecule has 0 aliphatic carbocycles. The fourth-order valence-corrected chi connectivity index (χ4v) is 9.46. The predicted molar refractivity (Wildman–Crippen MR) is 259 cm³/mol. The van der Waals surface area contributed by atoms with Gasteiger partial charge in [-0.2, -0.15) is 0 Å². The van der Waals surface area contributed by atoms with Crippen molar-refractivity contribution in [3.63, 3.8) is 0 Å². The van der Waals surface area contributed by atoms with E-state index in [1.165, 1.54) is 16.5 Å². The minimum atomic E-state index is -0.0247. The summed E-state index contributed by atoms with van der Waals surface area (Å²) in [5.41, 5.74) is 11.7. The summed E-state index contributed by atoms with van der Waals surface area (Å²) in [5, 5.41) is 2.36. The van der Waals surface area contributed by atoms with Crippen molar-refractivity contribution in [2.45, 2.75) is 52.4 Å². The maximum atomic E-state index is 6.78. The number of aromatic nitrogens is 2. The summed E-state index contributed by atoms with van der Waals surface area (Å²) in [6, 6.07) is 55.1. The van der Waals surface area contributed by atoms with Crippen LogP contribution in [0.15, 0.2) is 164 Å². The Bertz CT molecular complexity index is 3290. The molecule has 8 heteroatoms. The van der Waals surface area contributed by atoms with Crippen molar-refractivity contribution < 1.29 is 14.2 Å². The van der Waals surface area contributed by atoms with E-state index >= 15 is 0 Å². The molecule has 0 bridgehead atoms. The van der Waals surface area contributed by atoms with E-state index in [0.29, 0.717) is 6.67 Å². The summed E-state index contributed by atoms with van der Waals surface area (Å²) in [4.78, 5) is 11.8. The lowest BCUT2D eigenvalue weighted by Crippen LogP contribution is -2.25. The monoisotopic (exact) mass is 837 g/mol. The zero-order valence-corrected chi connectivity index (χ0v) is 36.8. The standard InChI is InChI=1S/C56H47N5O3/c1-55(2,3)35-22-25-43-42(28-35)41-24-23-40(33-48(41)60(43)53-29-36(26-27-57-53)56(4,5)6)62-39-15-13-14-37(30-39)58-34-59(45-17-8-7-16-44(45)58)38-31-51-54-52(32-38)64-50-21-12-10-19-47(50)61(54)46-18-9-11-20-49(46)63-51/h7-33H,34H2,1-6H3. The molecule has 5 heterocycles. The highest BCUT2D eigenvalue weighted by Gasteiger charge is 2.37. The number of rotatable bonds is 5. The molecule has 314 valence electrons. The molecule has 0 saturated heterocycles. The van der Waals surface area contributed by atoms with Crippen LogP contribution in [-0.2, 0) is 10.8 Å². The average Bonchev–Trinajstić information content (AvgIpc) is 3.84. The smallest absolute Gasteiger partial charge is 0.157 e. The second-order valence-corrected chi connectivity index (χ2v) is 19.0. The van der Waals surface area contributed by atoms with Crippen LogP contribution in [-0.4, -0.2) is 16.2 Å². The fraction of sp³-hybridized carbons (Fsp3) is 0.161. The molecule has 0 N–H and O–H groups in total. The molecule has 0 saturated carbocycles. The summed E-state index contributed by atoms with van der Waals surface area (Å²) in [7, 11) is 0. The molecule has 0 radical (unpaired) electrons. The molecule has 0 spiro atoms. The van der Waals surface area contributed by atoms with E-state index in [-0.39, 0.29) is 10.8 Å². The first-order chi connectivity index (χ1) is 31.0. The summed E-state index contributed by atoms with van der Waals surface area (Å²) < 4.78 is 22.3. The maximum Gasteiger partial charge on any atom is 0.157 e. The third-order valence-electron chi connectivity index (χ3n) is 12.8. The van der Waals surface area contributed by atoms with Crippen molar-refractivity contribution >= 4 is 61.6 Å². The topological polar surface area (TPSA) is 55.2 Å². The minimum absolute atomic E-state index is 0.00900. The summed E-state index contributed by atoms with van der Waals surface area (Å²) in [6.45, 7) is 14.1. The first-order valence-corrected chi connectivity index (χ1v) is 22.0. The van der Waals surface area contributed by atoms with Crippen molar-refractivity contribution in [2.24, 2.45) is 0 Å². The van der Waals surface area contributed by atoms with Crippen molar-refractivity contribution in [1.29, 1.82) is 0 Å². The van der Waals surface area contributed by atoms with Crippen LogP contribution in [0.1, 0.15) is 52.7 Å². The Balaban J connectivity index is 0.901. The largest absolute Gasteiger partial charge is 0.457 e. The quantitative estimate of drug-likeness (QED) is 0.171. The number of hydrogen-bond acceptors (Lipinski definition) is 7. The van der Waals surface area contributed by atoms with Gasteiger partial charge in [-0.15, -0.1) is 0 Å². The molecule has 8 nitrogen and oxygen atoms in total. The van der Waals surface area contributed by atoms with Crippen LogP contribution in [0.25, 0.3) is 27.6 Å². The number of benzene rings is 7. The lowest BCUT2D eigenvalue weighted by Gasteiger charge is -2.38. The molecule has 0 amide bonds. The average molecular weight is 838 g/mol. The summed E-state index contributed by atoms with van der Waals surface area (Å²) >= 11 is 0. The van der Waals surface area contributed by atoms with Gasteiger partial charge in [-0.3, -0.25) is 9.47 Å². The Hall–Kier alpha value is -7.71. The van der Waals surface area contributed by atoms with Crippen LogP contribution in [0.3, 0.4) is 0 Å². The van der Waals surface area contributed by atoms with Crippen LogP contribution in [0.4, 0.5) is 39.8 Å². The molecule has 0 unspecified atom stereocenters. The third-order valence-corrected chi connectivity index (χ3v) is 12.8. The Morgan fingerprint density at radius 2 is 1.09 bits per heavy atom. The van der Waals surface area contributed by atoms with Gasteiger partial charge in [0.05, 0.1) is 39.5 Å². The van der Waals surface area contributed by atoms with Gasteiger partial charge in [-0.25, -0.2) is 4.98 Å². The van der Waals surface area contributed by atoms with Crippen LogP contribution < -0.4 is 28.9 Å². The lowest BCUT2D eigenvalue weighted by molar-refractivity contribution is 0.446. The number of para-hydroxylation sites is 6. The Labute approximate surface area is 373 Å². The fourth-order valence-electron chi connectivity index (χ4n) is 9.46. The molecule has 64 heavy (non-hydrogen) atoms. The van der Waals surface area contributed by atoms with E-state index in [2.05, 4.69) is 176 Å². The zero-order valence-electron chi connectivity index (χ0n) is 36.8. The highest BCUT2D eigenvalue weighted by Crippen LogP contribution is 2.61. The number of ether oxygens (including phenoxy) is 3. The molecule has 3 aliphatic heterocycles. The van der Waals surface area contributed by atoms with Crippen molar-refractivity contribution in [3.05, 3.63) is 175 Å². The van der Waals surface area contributed by atoms with Crippen molar-refractivity contribution in [3.8, 4) is 40.3 Å². The molecular formula is C56H47N5O3. The SMILES string of the molecule is CC(C)(C)c1ccnc(-n2c3ccc(C(C)(C)C)cc3c3ccc(Oc4cccc(N5CN(c6cc7c8c(c6)Oc6ccccc6N8c6ccccc6O7)c6ccccc65)c4)cc32)c1. The molecular weight excluding hydrogens is 791 g/mol.